The largest absolute Gasteiger partial charge is 0.429 e. The summed E-state index contributed by atoms with van der Waals surface area (Å²) in [6.07, 6.45) is 16.9. The predicted molar refractivity (Wildman–Crippen MR) is 105 cm³/mol. The van der Waals surface area contributed by atoms with Crippen LogP contribution in [0.1, 0.15) is 76.7 Å². The molecule has 0 atom stereocenters. The van der Waals surface area contributed by atoms with Gasteiger partial charge in [0.25, 0.3) is 0 Å². The highest BCUT2D eigenvalue weighted by atomic mass is 19.3. The number of allylic oxidation sites excluding steroid dienone is 2. The number of hydrogen-bond donors (Lipinski definition) is 0. The summed E-state index contributed by atoms with van der Waals surface area (Å²) in [5.74, 6) is -1.75. The molecular weight excluding hydrogens is 368 g/mol. The van der Waals surface area contributed by atoms with E-state index in [9.17, 15) is 17.6 Å². The van der Waals surface area contributed by atoms with Gasteiger partial charge in [0.2, 0.25) is 0 Å². The first-order chi connectivity index (χ1) is 13.5. The van der Waals surface area contributed by atoms with Crippen LogP contribution in [-0.2, 0) is 6.42 Å². The third-order valence-corrected chi connectivity index (χ3v) is 5.68. The van der Waals surface area contributed by atoms with Crippen molar-refractivity contribution in [3.63, 3.8) is 0 Å². The summed E-state index contributed by atoms with van der Waals surface area (Å²) in [4.78, 5) is 0. The summed E-state index contributed by atoms with van der Waals surface area (Å²) in [6, 6.07) is 2.22. The number of hydrogen-bond acceptors (Lipinski definition) is 1. The van der Waals surface area contributed by atoms with Gasteiger partial charge in [0.05, 0.1) is 0 Å². The van der Waals surface area contributed by atoms with Crippen molar-refractivity contribution in [3.8, 4) is 5.75 Å². The third-order valence-electron chi connectivity index (χ3n) is 5.68. The molecule has 0 aliphatic heterocycles. The Morgan fingerprint density at radius 3 is 2.11 bits per heavy atom. The first-order valence-electron chi connectivity index (χ1n) is 10.6. The van der Waals surface area contributed by atoms with E-state index in [4.69, 9.17) is 0 Å². The Bertz CT molecular complexity index is 584. The van der Waals surface area contributed by atoms with Crippen molar-refractivity contribution < 1.29 is 22.3 Å². The van der Waals surface area contributed by atoms with Crippen molar-refractivity contribution >= 4 is 0 Å². The zero-order valence-corrected chi connectivity index (χ0v) is 16.7. The highest BCUT2D eigenvalue weighted by Gasteiger charge is 2.21. The van der Waals surface area contributed by atoms with Gasteiger partial charge in [0.15, 0.2) is 17.4 Å². The van der Waals surface area contributed by atoms with Crippen LogP contribution in [0.5, 0.6) is 5.75 Å². The lowest BCUT2D eigenvalue weighted by molar-refractivity contribution is -0.0546. The van der Waals surface area contributed by atoms with E-state index in [0.717, 1.165) is 37.3 Å². The number of aryl methyl sites for hydroxylation is 1. The smallest absolute Gasteiger partial charge is 0.387 e. The van der Waals surface area contributed by atoms with E-state index in [1.54, 1.807) is 0 Å². The summed E-state index contributed by atoms with van der Waals surface area (Å²) in [5, 5.41) is 0. The van der Waals surface area contributed by atoms with Crippen molar-refractivity contribution in [3.05, 3.63) is 41.5 Å². The molecule has 158 valence electrons. The zero-order chi connectivity index (χ0) is 20.4. The van der Waals surface area contributed by atoms with Gasteiger partial charge in [-0.1, -0.05) is 57.6 Å². The lowest BCUT2D eigenvalue weighted by Gasteiger charge is -2.28. The quantitative estimate of drug-likeness (QED) is 0.209. The van der Waals surface area contributed by atoms with Crippen LogP contribution in [0.4, 0.5) is 17.6 Å². The highest BCUT2D eigenvalue weighted by Crippen LogP contribution is 2.34. The van der Waals surface area contributed by atoms with Crippen molar-refractivity contribution in [2.75, 3.05) is 0 Å². The van der Waals surface area contributed by atoms with Gasteiger partial charge in [-0.3, -0.25) is 0 Å². The Hall–Kier alpha value is -1.52. The molecule has 0 unspecified atom stereocenters. The van der Waals surface area contributed by atoms with Gasteiger partial charge in [0, 0.05) is 0 Å². The Morgan fingerprint density at radius 1 is 0.964 bits per heavy atom. The van der Waals surface area contributed by atoms with E-state index in [-0.39, 0.29) is 0 Å². The maximum Gasteiger partial charge on any atom is 0.387 e. The molecule has 1 aromatic rings. The van der Waals surface area contributed by atoms with Crippen LogP contribution in [0, 0.1) is 23.5 Å². The second-order valence-electron chi connectivity index (χ2n) is 7.88. The fourth-order valence-corrected chi connectivity index (χ4v) is 4.06. The van der Waals surface area contributed by atoms with E-state index in [1.165, 1.54) is 44.9 Å². The number of unbranched alkanes of at least 4 members (excludes halogenated alkanes) is 2. The monoisotopic (exact) mass is 400 g/mol. The van der Waals surface area contributed by atoms with Gasteiger partial charge in [-0.05, 0) is 61.6 Å². The Kier molecular flexibility index (Phi) is 9.86. The van der Waals surface area contributed by atoms with Crippen molar-refractivity contribution in [2.45, 2.75) is 84.2 Å². The molecular formula is C23H32F4O. The van der Waals surface area contributed by atoms with Gasteiger partial charge in [-0.15, -0.1) is 0 Å². The van der Waals surface area contributed by atoms with Crippen LogP contribution in [0.25, 0.3) is 0 Å². The Balaban J connectivity index is 1.69. The SMILES string of the molecule is CCC/C=C/CCCC1CCC(CCc2cc(F)c(OC(F)F)c(F)c2)CC1. The molecule has 0 aromatic heterocycles. The molecule has 1 aromatic carbocycles. The minimum atomic E-state index is -3.24. The Labute approximate surface area is 166 Å². The summed E-state index contributed by atoms with van der Waals surface area (Å²) in [5.41, 5.74) is 0.498. The minimum Gasteiger partial charge on any atom is -0.429 e. The van der Waals surface area contributed by atoms with Crippen molar-refractivity contribution in [2.24, 2.45) is 11.8 Å². The molecule has 0 N–H and O–H groups in total. The van der Waals surface area contributed by atoms with E-state index in [0.29, 0.717) is 17.9 Å². The molecule has 1 aliphatic rings. The van der Waals surface area contributed by atoms with Gasteiger partial charge in [-0.25, -0.2) is 8.78 Å². The molecule has 1 saturated carbocycles. The van der Waals surface area contributed by atoms with Gasteiger partial charge in [0.1, 0.15) is 0 Å². The number of alkyl halides is 2. The van der Waals surface area contributed by atoms with Crippen LogP contribution in [0.2, 0.25) is 0 Å². The number of ether oxygens (including phenoxy) is 1. The molecule has 28 heavy (non-hydrogen) atoms. The molecule has 1 aliphatic carbocycles. The minimum absolute atomic E-state index is 0.498. The maximum absolute atomic E-state index is 13.8. The number of halogens is 4. The molecule has 0 radical (unpaired) electrons. The second-order valence-corrected chi connectivity index (χ2v) is 7.88. The van der Waals surface area contributed by atoms with Crippen molar-refractivity contribution in [1.29, 1.82) is 0 Å². The fraction of sp³-hybridized carbons (Fsp3) is 0.652. The van der Waals surface area contributed by atoms with Crippen LogP contribution in [0.3, 0.4) is 0 Å². The molecule has 1 nitrogen and oxygen atoms in total. The van der Waals surface area contributed by atoms with Crippen LogP contribution >= 0.6 is 0 Å². The van der Waals surface area contributed by atoms with Crippen LogP contribution in [0.15, 0.2) is 24.3 Å². The lowest BCUT2D eigenvalue weighted by atomic mass is 9.78. The molecule has 0 amide bonds. The third kappa shape index (κ3) is 7.84. The highest BCUT2D eigenvalue weighted by molar-refractivity contribution is 5.31. The summed E-state index contributed by atoms with van der Waals surface area (Å²) < 4.78 is 55.9. The standard InChI is InChI=1S/C23H32F4O/c1-2-3-4-5-6-7-8-17-9-11-18(12-10-17)13-14-19-15-20(24)22(21(25)16-19)28-23(26)27/h4-5,15-18,23H,2-3,6-14H2,1H3/b5-4+. The molecule has 2 rings (SSSR count). The van der Waals surface area contributed by atoms with E-state index < -0.39 is 24.0 Å². The maximum atomic E-state index is 13.8. The Morgan fingerprint density at radius 2 is 1.54 bits per heavy atom. The first kappa shape index (κ1) is 22.8. The molecule has 1 fully saturated rings. The summed E-state index contributed by atoms with van der Waals surface area (Å²) in [7, 11) is 0. The normalized spacial score (nSPS) is 20.2. The van der Waals surface area contributed by atoms with E-state index in [1.807, 2.05) is 0 Å². The topological polar surface area (TPSA) is 9.23 Å². The van der Waals surface area contributed by atoms with Gasteiger partial charge < -0.3 is 4.74 Å². The van der Waals surface area contributed by atoms with Crippen molar-refractivity contribution in [1.82, 2.24) is 0 Å². The zero-order valence-electron chi connectivity index (χ0n) is 16.7. The average molecular weight is 401 g/mol. The van der Waals surface area contributed by atoms with E-state index in [2.05, 4.69) is 23.8 Å². The second kappa shape index (κ2) is 12.1. The lowest BCUT2D eigenvalue weighted by Crippen LogP contribution is -2.15. The summed E-state index contributed by atoms with van der Waals surface area (Å²) >= 11 is 0. The average Bonchev–Trinajstić information content (AvgIpc) is 2.66. The first-order valence-corrected chi connectivity index (χ1v) is 10.6. The molecule has 0 bridgehead atoms. The van der Waals surface area contributed by atoms with Crippen LogP contribution in [-0.4, -0.2) is 6.61 Å². The number of rotatable bonds is 11. The fourth-order valence-electron chi connectivity index (χ4n) is 4.06. The van der Waals surface area contributed by atoms with E-state index >= 15 is 0 Å². The van der Waals surface area contributed by atoms with Gasteiger partial charge in [-0.2, -0.15) is 8.78 Å². The molecule has 0 spiro atoms. The summed E-state index contributed by atoms with van der Waals surface area (Å²) in [6.45, 7) is -1.05. The molecule has 0 saturated heterocycles. The predicted octanol–water partition coefficient (Wildman–Crippen LogP) is 7.83. The molecule has 5 heteroatoms. The molecule has 0 heterocycles. The van der Waals surface area contributed by atoms with Crippen LogP contribution < -0.4 is 4.74 Å². The van der Waals surface area contributed by atoms with Gasteiger partial charge >= 0.3 is 6.61 Å². The number of benzene rings is 1.